The molecule has 1 aromatic rings. The molecule has 1 fully saturated rings. The van der Waals surface area contributed by atoms with E-state index in [0.717, 1.165) is 29.2 Å². The molecule has 1 nitrogen and oxygen atoms in total. The van der Waals surface area contributed by atoms with E-state index in [1.165, 1.54) is 37.0 Å². The Balaban J connectivity index is 1.92. The van der Waals surface area contributed by atoms with E-state index in [9.17, 15) is 0 Å². The molecule has 1 saturated carbocycles. The van der Waals surface area contributed by atoms with Gasteiger partial charge in [-0.2, -0.15) is 0 Å². The predicted molar refractivity (Wildman–Crippen MR) is 95.4 cm³/mol. The van der Waals surface area contributed by atoms with E-state index in [4.69, 9.17) is 11.6 Å². The van der Waals surface area contributed by atoms with Gasteiger partial charge in [-0.1, -0.05) is 44.4 Å². The smallest absolute Gasteiger partial charge is 0.0417 e. The van der Waals surface area contributed by atoms with Crippen LogP contribution in [-0.4, -0.2) is 18.3 Å². The van der Waals surface area contributed by atoms with Crippen molar-refractivity contribution >= 4 is 23.4 Å². The van der Waals surface area contributed by atoms with Gasteiger partial charge in [0.25, 0.3) is 0 Å². The third-order valence-corrected chi connectivity index (χ3v) is 5.78. The third-order valence-electron chi connectivity index (χ3n) is 4.43. The van der Waals surface area contributed by atoms with E-state index in [2.05, 4.69) is 31.3 Å². The summed E-state index contributed by atoms with van der Waals surface area (Å²) in [6.45, 7) is 5.79. The van der Waals surface area contributed by atoms with E-state index in [1.807, 2.05) is 23.9 Å². The van der Waals surface area contributed by atoms with Gasteiger partial charge in [0.2, 0.25) is 0 Å². The Labute approximate surface area is 139 Å². The van der Waals surface area contributed by atoms with Crippen molar-refractivity contribution in [2.75, 3.05) is 12.3 Å². The van der Waals surface area contributed by atoms with Crippen molar-refractivity contribution in [1.29, 1.82) is 0 Å². The van der Waals surface area contributed by atoms with Crippen LogP contribution in [0.25, 0.3) is 0 Å². The highest BCUT2D eigenvalue weighted by Gasteiger charge is 2.26. The Morgan fingerprint density at radius 1 is 1.38 bits per heavy atom. The molecule has 1 aliphatic rings. The lowest BCUT2D eigenvalue weighted by molar-refractivity contribution is 0.234. The highest BCUT2D eigenvalue weighted by molar-refractivity contribution is 7.99. The van der Waals surface area contributed by atoms with Crippen molar-refractivity contribution in [1.82, 2.24) is 5.32 Å². The van der Waals surface area contributed by atoms with Gasteiger partial charge in [0.15, 0.2) is 0 Å². The summed E-state index contributed by atoms with van der Waals surface area (Å²) in [5, 5.41) is 4.63. The maximum atomic E-state index is 6.08. The molecule has 0 bridgehead atoms. The van der Waals surface area contributed by atoms with E-state index in [-0.39, 0.29) is 0 Å². The first-order valence-corrected chi connectivity index (χ1v) is 9.67. The molecule has 118 valence electrons. The van der Waals surface area contributed by atoms with Crippen molar-refractivity contribution in [2.45, 2.75) is 56.9 Å². The normalized spacial score (nSPS) is 24.0. The first-order chi connectivity index (χ1) is 10.2. The topological polar surface area (TPSA) is 12.0 Å². The van der Waals surface area contributed by atoms with Gasteiger partial charge in [0.05, 0.1) is 0 Å². The third kappa shape index (κ3) is 5.84. The van der Waals surface area contributed by atoms with Gasteiger partial charge >= 0.3 is 0 Å². The van der Waals surface area contributed by atoms with Crippen molar-refractivity contribution in [3.63, 3.8) is 0 Å². The second-order valence-corrected chi connectivity index (χ2v) is 7.89. The first-order valence-electron chi connectivity index (χ1n) is 8.30. The summed E-state index contributed by atoms with van der Waals surface area (Å²) in [7, 11) is 0. The fourth-order valence-electron chi connectivity index (χ4n) is 3.28. The lowest BCUT2D eigenvalue weighted by atomic mass is 9.79. The zero-order valence-corrected chi connectivity index (χ0v) is 14.8. The van der Waals surface area contributed by atoms with Crippen LogP contribution in [0.3, 0.4) is 0 Å². The largest absolute Gasteiger partial charge is 0.313 e. The van der Waals surface area contributed by atoms with Crippen molar-refractivity contribution in [3.8, 4) is 0 Å². The van der Waals surface area contributed by atoms with Crippen LogP contribution in [-0.2, 0) is 0 Å². The molecule has 3 atom stereocenters. The lowest BCUT2D eigenvalue weighted by Gasteiger charge is -2.34. The van der Waals surface area contributed by atoms with Crippen molar-refractivity contribution in [3.05, 3.63) is 29.3 Å². The van der Waals surface area contributed by atoms with Gasteiger partial charge in [0.1, 0.15) is 0 Å². The van der Waals surface area contributed by atoms with Gasteiger partial charge in [0, 0.05) is 21.7 Å². The van der Waals surface area contributed by atoms with Gasteiger partial charge < -0.3 is 5.32 Å². The first kappa shape index (κ1) is 17.2. The molecule has 3 heteroatoms. The van der Waals surface area contributed by atoms with E-state index < -0.39 is 0 Å². The van der Waals surface area contributed by atoms with Gasteiger partial charge in [-0.15, -0.1) is 11.8 Å². The quantitative estimate of drug-likeness (QED) is 0.652. The Bertz CT molecular complexity index is 423. The number of nitrogens with one attached hydrogen (secondary N) is 1. The predicted octanol–water partition coefficient (Wildman–Crippen LogP) is 5.63. The second kappa shape index (κ2) is 9.07. The van der Waals surface area contributed by atoms with Crippen LogP contribution in [0.1, 0.15) is 46.0 Å². The van der Waals surface area contributed by atoms with Crippen LogP contribution in [0.5, 0.6) is 0 Å². The molecule has 1 aromatic carbocycles. The monoisotopic (exact) mass is 325 g/mol. The molecule has 0 heterocycles. The van der Waals surface area contributed by atoms with E-state index >= 15 is 0 Å². The fourth-order valence-corrected chi connectivity index (χ4v) is 4.68. The number of thioether (sulfide) groups is 1. The van der Waals surface area contributed by atoms with Crippen LogP contribution in [0.15, 0.2) is 29.2 Å². The van der Waals surface area contributed by atoms with Crippen molar-refractivity contribution < 1.29 is 0 Å². The van der Waals surface area contributed by atoms with Crippen molar-refractivity contribution in [2.24, 2.45) is 11.8 Å². The summed E-state index contributed by atoms with van der Waals surface area (Å²) in [4.78, 5) is 1.29. The molecule has 0 radical (unpaired) electrons. The number of hydrogen-bond donors (Lipinski definition) is 1. The molecule has 0 spiro atoms. The standard InChI is InChI=1S/C18H28ClNS/c1-3-10-20-18(15-7-4-6-14(2)11-15)13-21-17-9-5-8-16(19)12-17/h5,8-9,12,14-15,18,20H,3-4,6-7,10-11,13H2,1-2H3. The van der Waals surface area contributed by atoms with Crippen LogP contribution in [0.2, 0.25) is 5.02 Å². The lowest BCUT2D eigenvalue weighted by Crippen LogP contribution is -2.40. The number of rotatable bonds is 7. The highest BCUT2D eigenvalue weighted by Crippen LogP contribution is 2.33. The zero-order valence-electron chi connectivity index (χ0n) is 13.3. The summed E-state index contributed by atoms with van der Waals surface area (Å²) in [5.41, 5.74) is 0. The fraction of sp³-hybridized carbons (Fsp3) is 0.667. The molecule has 21 heavy (non-hydrogen) atoms. The Kier molecular flexibility index (Phi) is 7.42. The molecule has 0 amide bonds. The Morgan fingerprint density at radius 3 is 2.95 bits per heavy atom. The minimum absolute atomic E-state index is 0.636. The summed E-state index contributed by atoms with van der Waals surface area (Å²) in [5.74, 6) is 2.88. The molecule has 1 aliphatic carbocycles. The average molecular weight is 326 g/mol. The maximum Gasteiger partial charge on any atom is 0.0417 e. The zero-order chi connectivity index (χ0) is 15.1. The minimum Gasteiger partial charge on any atom is -0.313 e. The number of halogens is 1. The summed E-state index contributed by atoms with van der Waals surface area (Å²) < 4.78 is 0. The summed E-state index contributed by atoms with van der Waals surface area (Å²) in [6, 6.07) is 8.86. The number of hydrogen-bond acceptors (Lipinski definition) is 2. The van der Waals surface area contributed by atoms with Gasteiger partial charge in [-0.05, 0) is 55.8 Å². The van der Waals surface area contributed by atoms with Crippen LogP contribution in [0.4, 0.5) is 0 Å². The molecule has 0 saturated heterocycles. The second-order valence-electron chi connectivity index (χ2n) is 6.36. The Hall–Kier alpha value is -0.180. The average Bonchev–Trinajstić information content (AvgIpc) is 2.47. The maximum absolute atomic E-state index is 6.08. The van der Waals surface area contributed by atoms with Gasteiger partial charge in [-0.25, -0.2) is 0 Å². The highest BCUT2D eigenvalue weighted by atomic mass is 35.5. The van der Waals surface area contributed by atoms with E-state index in [0.29, 0.717) is 6.04 Å². The minimum atomic E-state index is 0.636. The Morgan fingerprint density at radius 2 is 2.24 bits per heavy atom. The molecule has 0 aliphatic heterocycles. The molecular formula is C18H28ClNS. The molecular weight excluding hydrogens is 298 g/mol. The number of benzene rings is 1. The summed E-state index contributed by atoms with van der Waals surface area (Å²) >= 11 is 8.02. The van der Waals surface area contributed by atoms with Crippen LogP contribution >= 0.6 is 23.4 Å². The molecule has 0 aromatic heterocycles. The summed E-state index contributed by atoms with van der Waals surface area (Å²) in [6.07, 6.45) is 6.80. The SMILES string of the molecule is CCCNC(CSc1cccc(Cl)c1)C1CCCC(C)C1. The van der Waals surface area contributed by atoms with Crippen LogP contribution < -0.4 is 5.32 Å². The molecule has 1 N–H and O–H groups in total. The van der Waals surface area contributed by atoms with Gasteiger partial charge in [-0.3, -0.25) is 0 Å². The van der Waals surface area contributed by atoms with Crippen LogP contribution in [0, 0.1) is 11.8 Å². The van der Waals surface area contributed by atoms with E-state index in [1.54, 1.807) is 0 Å². The molecule has 2 rings (SSSR count). The molecule has 3 unspecified atom stereocenters.